The number of pyridine rings is 2. The van der Waals surface area contributed by atoms with Crippen molar-refractivity contribution in [3.8, 4) is 22.4 Å². The van der Waals surface area contributed by atoms with Gasteiger partial charge in [-0.3, -0.25) is 19.6 Å². The average molecular weight is 571 g/mol. The van der Waals surface area contributed by atoms with E-state index in [0.717, 1.165) is 57.6 Å². The summed E-state index contributed by atoms with van der Waals surface area (Å²) in [6.07, 6.45) is 3.31. The van der Waals surface area contributed by atoms with Crippen molar-refractivity contribution in [2.45, 2.75) is 12.8 Å². The van der Waals surface area contributed by atoms with Crippen molar-refractivity contribution in [3.63, 3.8) is 0 Å². The lowest BCUT2D eigenvalue weighted by Gasteiger charge is -2.21. The topological polar surface area (TPSA) is 99.2 Å². The quantitative estimate of drug-likeness (QED) is 0.197. The Morgan fingerprint density at radius 3 is 2.56 bits per heavy atom. The lowest BCUT2D eigenvalue weighted by atomic mass is 9.97. The number of anilines is 2. The standard InChI is InChI=1S/C35H34N6O2/c1-41(2)19-7-17-37-34(42)26-11-4-9-24(21-26)23-8-3-10-25(20-23)31-22-32(33-30(40-31)15-18-38-35(33)43)39-29-14-5-13-28-27(29)12-6-16-36-28/h3-6,8-14,16,20-22H,7,15,17-19H2,1-2H3,(H,37,42)(H,38,43)(H,39,40). The van der Waals surface area contributed by atoms with Crippen molar-refractivity contribution in [2.75, 3.05) is 39.0 Å². The van der Waals surface area contributed by atoms with Crippen LogP contribution in [0.15, 0.2) is 91.1 Å². The van der Waals surface area contributed by atoms with E-state index in [2.05, 4.69) is 31.9 Å². The van der Waals surface area contributed by atoms with Gasteiger partial charge in [0.15, 0.2) is 0 Å². The van der Waals surface area contributed by atoms with E-state index in [9.17, 15) is 9.59 Å². The summed E-state index contributed by atoms with van der Waals surface area (Å²) in [5.74, 6) is -0.211. The molecule has 0 spiro atoms. The van der Waals surface area contributed by atoms with Gasteiger partial charge in [0, 0.05) is 47.9 Å². The number of nitrogens with one attached hydrogen (secondary N) is 3. The van der Waals surface area contributed by atoms with E-state index >= 15 is 0 Å². The number of hydrogen-bond donors (Lipinski definition) is 3. The minimum atomic E-state index is -0.133. The Hall–Kier alpha value is -5.08. The zero-order valence-corrected chi connectivity index (χ0v) is 24.4. The van der Waals surface area contributed by atoms with E-state index in [1.165, 1.54) is 0 Å². The number of carbonyl (C=O) groups is 2. The number of benzene rings is 3. The summed E-state index contributed by atoms with van der Waals surface area (Å²) in [5, 5.41) is 10.5. The van der Waals surface area contributed by atoms with E-state index in [4.69, 9.17) is 4.98 Å². The summed E-state index contributed by atoms with van der Waals surface area (Å²) in [4.78, 5) is 37.4. The van der Waals surface area contributed by atoms with Gasteiger partial charge in [0.05, 0.1) is 28.2 Å². The molecular weight excluding hydrogens is 536 g/mol. The van der Waals surface area contributed by atoms with Gasteiger partial charge in [-0.05, 0) is 86.7 Å². The third-order valence-electron chi connectivity index (χ3n) is 7.57. The number of fused-ring (bicyclic) bond motifs is 2. The van der Waals surface area contributed by atoms with E-state index in [1.807, 2.05) is 93.0 Å². The van der Waals surface area contributed by atoms with E-state index in [1.54, 1.807) is 6.20 Å². The van der Waals surface area contributed by atoms with Crippen molar-refractivity contribution in [3.05, 3.63) is 108 Å². The fourth-order valence-electron chi connectivity index (χ4n) is 5.42. The average Bonchev–Trinajstić information content (AvgIpc) is 3.03. The van der Waals surface area contributed by atoms with Gasteiger partial charge in [-0.25, -0.2) is 0 Å². The van der Waals surface area contributed by atoms with Gasteiger partial charge < -0.3 is 20.9 Å². The van der Waals surface area contributed by atoms with Crippen molar-refractivity contribution >= 4 is 34.1 Å². The molecule has 2 amide bonds. The van der Waals surface area contributed by atoms with Crippen LogP contribution >= 0.6 is 0 Å². The molecule has 1 aliphatic heterocycles. The molecule has 3 heterocycles. The number of carbonyl (C=O) groups excluding carboxylic acids is 2. The van der Waals surface area contributed by atoms with Crippen LogP contribution in [0.25, 0.3) is 33.3 Å². The SMILES string of the molecule is CN(C)CCCNC(=O)c1cccc(-c2cccc(-c3cc(Nc4cccc5ncccc45)c4c(n3)CCNC4=O)c2)c1. The fourth-order valence-corrected chi connectivity index (χ4v) is 5.42. The maximum atomic E-state index is 13.0. The first kappa shape index (κ1) is 28.1. The van der Waals surface area contributed by atoms with Crippen LogP contribution in [0.3, 0.4) is 0 Å². The highest BCUT2D eigenvalue weighted by molar-refractivity contribution is 6.04. The molecule has 2 aromatic heterocycles. The molecule has 0 fully saturated rings. The molecule has 0 atom stereocenters. The highest BCUT2D eigenvalue weighted by Crippen LogP contribution is 2.34. The van der Waals surface area contributed by atoms with Gasteiger partial charge in [-0.15, -0.1) is 0 Å². The largest absolute Gasteiger partial charge is 0.354 e. The van der Waals surface area contributed by atoms with Crippen molar-refractivity contribution in [1.29, 1.82) is 0 Å². The minimum absolute atomic E-state index is 0.0780. The maximum absolute atomic E-state index is 13.0. The Morgan fingerprint density at radius 1 is 0.907 bits per heavy atom. The van der Waals surface area contributed by atoms with Crippen LogP contribution in [0, 0.1) is 0 Å². The Bertz CT molecular complexity index is 1810. The predicted octanol–water partition coefficient (Wildman–Crippen LogP) is 5.67. The molecule has 216 valence electrons. The van der Waals surface area contributed by atoms with Crippen LogP contribution in [0.4, 0.5) is 11.4 Å². The van der Waals surface area contributed by atoms with E-state index in [0.29, 0.717) is 36.3 Å². The molecule has 0 bridgehead atoms. The molecular formula is C35H34N6O2. The molecule has 0 aliphatic carbocycles. The third kappa shape index (κ3) is 6.24. The van der Waals surface area contributed by atoms with Crippen molar-refractivity contribution < 1.29 is 9.59 Å². The number of nitrogens with zero attached hydrogens (tertiary/aromatic N) is 3. The number of rotatable bonds is 9. The van der Waals surface area contributed by atoms with Gasteiger partial charge >= 0.3 is 0 Å². The molecule has 0 saturated carbocycles. The molecule has 3 N–H and O–H groups in total. The Kier molecular flexibility index (Phi) is 8.11. The van der Waals surface area contributed by atoms with E-state index < -0.39 is 0 Å². The minimum Gasteiger partial charge on any atom is -0.354 e. The Balaban J connectivity index is 1.32. The molecule has 0 saturated heterocycles. The van der Waals surface area contributed by atoms with Crippen LogP contribution in [-0.4, -0.2) is 60.4 Å². The number of hydrogen-bond acceptors (Lipinski definition) is 6. The van der Waals surface area contributed by atoms with Crippen molar-refractivity contribution in [2.24, 2.45) is 0 Å². The van der Waals surface area contributed by atoms with Gasteiger partial charge in [-0.2, -0.15) is 0 Å². The lowest BCUT2D eigenvalue weighted by molar-refractivity contribution is 0.0940. The summed E-state index contributed by atoms with van der Waals surface area (Å²) in [6, 6.07) is 27.6. The van der Waals surface area contributed by atoms with Crippen LogP contribution < -0.4 is 16.0 Å². The van der Waals surface area contributed by atoms with Gasteiger partial charge in [0.2, 0.25) is 0 Å². The van der Waals surface area contributed by atoms with Gasteiger partial charge in [0.25, 0.3) is 11.8 Å². The summed E-state index contributed by atoms with van der Waals surface area (Å²) < 4.78 is 0. The van der Waals surface area contributed by atoms with Crippen molar-refractivity contribution in [1.82, 2.24) is 25.5 Å². The zero-order valence-electron chi connectivity index (χ0n) is 24.4. The second-order valence-electron chi connectivity index (χ2n) is 11.0. The molecule has 3 aromatic carbocycles. The number of aromatic nitrogens is 2. The van der Waals surface area contributed by atoms with Crippen LogP contribution in [0.5, 0.6) is 0 Å². The van der Waals surface area contributed by atoms with Gasteiger partial charge in [0.1, 0.15) is 0 Å². The van der Waals surface area contributed by atoms with Gasteiger partial charge in [-0.1, -0.05) is 36.4 Å². The predicted molar refractivity (Wildman–Crippen MR) is 172 cm³/mol. The summed E-state index contributed by atoms with van der Waals surface area (Å²) in [6.45, 7) is 2.10. The zero-order chi connectivity index (χ0) is 29.8. The number of amides is 2. The van der Waals surface area contributed by atoms with Crippen LogP contribution in [0.1, 0.15) is 32.8 Å². The normalized spacial score (nSPS) is 12.6. The lowest BCUT2D eigenvalue weighted by Crippen LogP contribution is -2.33. The molecule has 8 nitrogen and oxygen atoms in total. The second kappa shape index (κ2) is 12.4. The molecule has 8 heteroatoms. The maximum Gasteiger partial charge on any atom is 0.255 e. The third-order valence-corrected chi connectivity index (χ3v) is 7.57. The summed E-state index contributed by atoms with van der Waals surface area (Å²) in [7, 11) is 4.05. The summed E-state index contributed by atoms with van der Waals surface area (Å²) >= 11 is 0. The highest BCUT2D eigenvalue weighted by Gasteiger charge is 2.24. The highest BCUT2D eigenvalue weighted by atomic mass is 16.2. The smallest absolute Gasteiger partial charge is 0.255 e. The molecule has 6 rings (SSSR count). The second-order valence-corrected chi connectivity index (χ2v) is 11.0. The molecule has 1 aliphatic rings. The van der Waals surface area contributed by atoms with Crippen LogP contribution in [0.2, 0.25) is 0 Å². The first-order chi connectivity index (χ1) is 21.0. The Labute approximate surface area is 251 Å². The molecule has 5 aromatic rings. The molecule has 43 heavy (non-hydrogen) atoms. The first-order valence-corrected chi connectivity index (χ1v) is 14.5. The summed E-state index contributed by atoms with van der Waals surface area (Å²) in [5.41, 5.74) is 8.02. The molecule has 0 unspecified atom stereocenters. The van der Waals surface area contributed by atoms with Crippen LogP contribution in [-0.2, 0) is 6.42 Å². The Morgan fingerprint density at radius 2 is 1.70 bits per heavy atom. The monoisotopic (exact) mass is 570 g/mol. The van der Waals surface area contributed by atoms with E-state index in [-0.39, 0.29) is 11.8 Å². The first-order valence-electron chi connectivity index (χ1n) is 14.5. The fraction of sp³-hybridized carbons (Fsp3) is 0.200. The molecule has 0 radical (unpaired) electrons.